The van der Waals surface area contributed by atoms with Crippen LogP contribution in [-0.2, 0) is 0 Å². The van der Waals surface area contributed by atoms with Gasteiger partial charge in [-0.2, -0.15) is 0 Å². The van der Waals surface area contributed by atoms with E-state index < -0.39 is 0 Å². The van der Waals surface area contributed by atoms with Crippen molar-refractivity contribution < 1.29 is 14.3 Å². The van der Waals surface area contributed by atoms with Crippen molar-refractivity contribution in [3.63, 3.8) is 0 Å². The normalized spacial score (nSPS) is 11.7. The second-order valence-electron chi connectivity index (χ2n) is 5.64. The van der Waals surface area contributed by atoms with E-state index in [-0.39, 0.29) is 11.9 Å². The Morgan fingerprint density at radius 2 is 2.12 bits per heavy atom. The van der Waals surface area contributed by atoms with Crippen molar-refractivity contribution in [1.82, 2.24) is 10.3 Å². The van der Waals surface area contributed by atoms with Crippen LogP contribution in [0.3, 0.4) is 0 Å². The van der Waals surface area contributed by atoms with E-state index in [0.29, 0.717) is 30.2 Å². The smallest absolute Gasteiger partial charge is 0.251 e. The summed E-state index contributed by atoms with van der Waals surface area (Å²) >= 11 is 0. The SMILES string of the molecule is CC[C@@H](NC(=O)c1ccc(OC)c(OCCN)c1)c1ncccc1C. The molecule has 3 N–H and O–H groups in total. The fourth-order valence-electron chi connectivity index (χ4n) is 2.57. The fourth-order valence-corrected chi connectivity index (χ4v) is 2.57. The average Bonchev–Trinajstić information content (AvgIpc) is 2.64. The van der Waals surface area contributed by atoms with Crippen LogP contribution in [0.25, 0.3) is 0 Å². The third-order valence-corrected chi connectivity index (χ3v) is 3.89. The molecule has 2 aromatic rings. The molecule has 6 nitrogen and oxygen atoms in total. The van der Waals surface area contributed by atoms with E-state index in [0.717, 1.165) is 17.7 Å². The van der Waals surface area contributed by atoms with E-state index in [2.05, 4.69) is 10.3 Å². The lowest BCUT2D eigenvalue weighted by Crippen LogP contribution is -2.29. The standard InChI is InChI=1S/C19H25N3O3/c1-4-15(18-13(2)6-5-10-21-18)22-19(23)14-7-8-16(24-3)17(12-14)25-11-9-20/h5-8,10,12,15H,4,9,11,20H2,1-3H3,(H,22,23)/t15-/m1/s1. The van der Waals surface area contributed by atoms with Crippen molar-refractivity contribution in [2.45, 2.75) is 26.3 Å². The quantitative estimate of drug-likeness (QED) is 0.769. The third kappa shape index (κ3) is 4.70. The van der Waals surface area contributed by atoms with Crippen molar-refractivity contribution in [3.05, 3.63) is 53.3 Å². The first-order chi connectivity index (χ1) is 12.1. The summed E-state index contributed by atoms with van der Waals surface area (Å²) in [5.74, 6) is 0.887. The predicted octanol–water partition coefficient (Wildman–Crippen LogP) is 2.62. The lowest BCUT2D eigenvalue weighted by molar-refractivity contribution is 0.0934. The summed E-state index contributed by atoms with van der Waals surface area (Å²) < 4.78 is 10.8. The molecule has 0 radical (unpaired) electrons. The number of rotatable bonds is 8. The van der Waals surface area contributed by atoms with Gasteiger partial charge in [0.2, 0.25) is 0 Å². The van der Waals surface area contributed by atoms with Gasteiger partial charge in [-0.25, -0.2) is 0 Å². The third-order valence-electron chi connectivity index (χ3n) is 3.89. The van der Waals surface area contributed by atoms with Crippen LogP contribution in [0, 0.1) is 6.92 Å². The second kappa shape index (κ2) is 9.03. The van der Waals surface area contributed by atoms with E-state index in [4.69, 9.17) is 15.2 Å². The van der Waals surface area contributed by atoms with E-state index in [9.17, 15) is 4.79 Å². The van der Waals surface area contributed by atoms with Crippen LogP contribution in [-0.4, -0.2) is 31.2 Å². The van der Waals surface area contributed by atoms with E-state index in [1.54, 1.807) is 31.5 Å². The number of nitrogens with zero attached hydrogens (tertiary/aromatic N) is 1. The highest BCUT2D eigenvalue weighted by Gasteiger charge is 2.18. The number of benzene rings is 1. The Balaban J connectivity index is 2.20. The van der Waals surface area contributed by atoms with Crippen LogP contribution in [0.2, 0.25) is 0 Å². The molecule has 1 aromatic carbocycles. The zero-order valence-corrected chi connectivity index (χ0v) is 14.9. The van der Waals surface area contributed by atoms with Crippen molar-refractivity contribution in [1.29, 1.82) is 0 Å². The Bertz CT molecular complexity index is 719. The fraction of sp³-hybridized carbons (Fsp3) is 0.368. The van der Waals surface area contributed by atoms with Gasteiger partial charge in [0.05, 0.1) is 18.8 Å². The van der Waals surface area contributed by atoms with Gasteiger partial charge < -0.3 is 20.5 Å². The zero-order chi connectivity index (χ0) is 18.2. The van der Waals surface area contributed by atoms with Crippen LogP contribution in [0.15, 0.2) is 36.5 Å². The highest BCUT2D eigenvalue weighted by Crippen LogP contribution is 2.28. The molecule has 0 fully saturated rings. The Morgan fingerprint density at radius 3 is 2.76 bits per heavy atom. The number of ether oxygens (including phenoxy) is 2. The molecule has 0 saturated carbocycles. The number of hydrogen-bond donors (Lipinski definition) is 2. The maximum absolute atomic E-state index is 12.7. The van der Waals surface area contributed by atoms with Crippen molar-refractivity contribution in [3.8, 4) is 11.5 Å². The molecule has 1 aromatic heterocycles. The molecule has 2 rings (SSSR count). The molecular formula is C19H25N3O3. The lowest BCUT2D eigenvalue weighted by Gasteiger charge is -2.19. The topological polar surface area (TPSA) is 86.5 Å². The molecule has 0 spiro atoms. The summed E-state index contributed by atoms with van der Waals surface area (Å²) in [4.78, 5) is 17.1. The average molecular weight is 343 g/mol. The van der Waals surface area contributed by atoms with Gasteiger partial charge in [-0.15, -0.1) is 0 Å². The maximum atomic E-state index is 12.7. The first-order valence-electron chi connectivity index (χ1n) is 8.34. The van der Waals surface area contributed by atoms with Gasteiger partial charge >= 0.3 is 0 Å². The maximum Gasteiger partial charge on any atom is 0.251 e. The Morgan fingerprint density at radius 1 is 1.32 bits per heavy atom. The first kappa shape index (κ1) is 18.7. The van der Waals surface area contributed by atoms with Crippen molar-refractivity contribution in [2.24, 2.45) is 5.73 Å². The lowest BCUT2D eigenvalue weighted by atomic mass is 10.0. The van der Waals surface area contributed by atoms with Gasteiger partial charge in [0.15, 0.2) is 11.5 Å². The second-order valence-corrected chi connectivity index (χ2v) is 5.64. The van der Waals surface area contributed by atoms with Gasteiger partial charge in [-0.05, 0) is 43.2 Å². The molecule has 0 unspecified atom stereocenters. The number of amides is 1. The summed E-state index contributed by atoms with van der Waals surface area (Å²) in [7, 11) is 1.56. The highest BCUT2D eigenvalue weighted by molar-refractivity contribution is 5.95. The summed E-state index contributed by atoms with van der Waals surface area (Å²) in [6.07, 6.45) is 2.49. The molecule has 0 aliphatic rings. The summed E-state index contributed by atoms with van der Waals surface area (Å²) in [5, 5.41) is 3.04. The minimum Gasteiger partial charge on any atom is -0.493 e. The Labute approximate surface area is 148 Å². The molecule has 0 aliphatic heterocycles. The van der Waals surface area contributed by atoms with Gasteiger partial charge in [-0.1, -0.05) is 13.0 Å². The van der Waals surface area contributed by atoms with E-state index in [1.165, 1.54) is 0 Å². The number of carbonyl (C=O) groups excluding carboxylic acids is 1. The molecule has 0 aliphatic carbocycles. The van der Waals surface area contributed by atoms with Crippen LogP contribution < -0.4 is 20.5 Å². The van der Waals surface area contributed by atoms with E-state index >= 15 is 0 Å². The molecule has 0 saturated heterocycles. The molecule has 6 heteroatoms. The summed E-state index contributed by atoms with van der Waals surface area (Å²) in [5.41, 5.74) is 7.91. The van der Waals surface area contributed by atoms with Crippen LogP contribution in [0.4, 0.5) is 0 Å². The van der Waals surface area contributed by atoms with Crippen LogP contribution in [0.5, 0.6) is 11.5 Å². The van der Waals surface area contributed by atoms with Crippen molar-refractivity contribution >= 4 is 5.91 Å². The van der Waals surface area contributed by atoms with Crippen LogP contribution in [0.1, 0.15) is 41.0 Å². The highest BCUT2D eigenvalue weighted by atomic mass is 16.5. The van der Waals surface area contributed by atoms with Gasteiger partial charge in [0, 0.05) is 18.3 Å². The number of nitrogens with two attached hydrogens (primary N) is 1. The number of hydrogen-bond acceptors (Lipinski definition) is 5. The molecule has 1 atom stereocenters. The Hall–Kier alpha value is -2.60. The first-order valence-corrected chi connectivity index (χ1v) is 8.34. The number of aryl methyl sites for hydroxylation is 1. The molecule has 134 valence electrons. The molecule has 0 bridgehead atoms. The number of methoxy groups -OCH3 is 1. The van der Waals surface area contributed by atoms with Gasteiger partial charge in [-0.3, -0.25) is 9.78 Å². The Kier molecular flexibility index (Phi) is 6.77. The van der Waals surface area contributed by atoms with Gasteiger partial charge in [0.25, 0.3) is 5.91 Å². The minimum absolute atomic E-state index is 0.149. The summed E-state index contributed by atoms with van der Waals surface area (Å²) in [6.45, 7) is 4.74. The minimum atomic E-state index is -0.183. The predicted molar refractivity (Wildman–Crippen MR) is 97.0 cm³/mol. The largest absolute Gasteiger partial charge is 0.493 e. The molecule has 25 heavy (non-hydrogen) atoms. The van der Waals surface area contributed by atoms with E-state index in [1.807, 2.05) is 26.0 Å². The number of pyridine rings is 1. The van der Waals surface area contributed by atoms with Crippen molar-refractivity contribution in [2.75, 3.05) is 20.3 Å². The number of nitrogens with one attached hydrogen (secondary N) is 1. The van der Waals surface area contributed by atoms with Gasteiger partial charge in [0.1, 0.15) is 6.61 Å². The molecular weight excluding hydrogens is 318 g/mol. The van der Waals surface area contributed by atoms with Crippen LogP contribution >= 0.6 is 0 Å². The molecule has 1 amide bonds. The zero-order valence-electron chi connectivity index (χ0n) is 14.9. The number of aromatic nitrogens is 1. The number of carbonyl (C=O) groups is 1. The summed E-state index contributed by atoms with van der Waals surface area (Å²) in [6, 6.07) is 8.82. The monoisotopic (exact) mass is 343 g/mol. The molecule has 1 heterocycles.